The Morgan fingerprint density at radius 1 is 2.25 bits per heavy atom. The maximum atomic E-state index is 4.71. The molecule has 1 aliphatic rings. The van der Waals surface area contributed by atoms with Crippen molar-refractivity contribution in [2.75, 3.05) is 6.61 Å². The molecule has 1 fully saturated rings. The number of ether oxygens (including phenoxy) is 1. The van der Waals surface area contributed by atoms with E-state index in [9.17, 15) is 0 Å². The second-order valence-corrected chi connectivity index (χ2v) is 1.14. The SMILES string of the molecule is CC1CO1.[2HH]. The summed E-state index contributed by atoms with van der Waals surface area (Å²) in [4.78, 5) is 0. The van der Waals surface area contributed by atoms with Crippen LogP contribution >= 0.6 is 0 Å². The second-order valence-electron chi connectivity index (χ2n) is 1.14. The van der Waals surface area contributed by atoms with Crippen molar-refractivity contribution < 1.29 is 6.16 Å². The van der Waals surface area contributed by atoms with E-state index in [0.717, 1.165) is 6.61 Å². The lowest BCUT2D eigenvalue weighted by atomic mass is 10.6. The Balaban J connectivity index is 0.000000160. The standard InChI is InChI=1S/C3H6O.H2/c1-3-2-4-3;/h3H,2H2,1H3;1H/i;1+1. The van der Waals surface area contributed by atoms with Crippen LogP contribution in [0.2, 0.25) is 0 Å². The average Bonchev–Trinajstić information content (AvgIpc) is 1.75. The van der Waals surface area contributed by atoms with Crippen LogP contribution in [0.1, 0.15) is 8.35 Å². The molecule has 1 rings (SSSR count). The zero-order valence-corrected chi connectivity index (χ0v) is 2.69. The van der Waals surface area contributed by atoms with Gasteiger partial charge in [0.05, 0.1) is 12.7 Å². The zero-order chi connectivity index (χ0) is 2.99. The molecule has 0 amide bonds. The van der Waals surface area contributed by atoms with Crippen LogP contribution in [0.25, 0.3) is 0 Å². The Morgan fingerprint density at radius 3 is 2.50 bits per heavy atom. The first-order chi connectivity index (χ1) is 1.89. The Kier molecular flexibility index (Phi) is 0.256. The number of rotatable bonds is 0. The summed E-state index contributed by atoms with van der Waals surface area (Å²) in [5, 5.41) is 0. The third-order valence-corrected chi connectivity index (χ3v) is 0.500. The first-order valence-electron chi connectivity index (χ1n) is 1.51. The van der Waals surface area contributed by atoms with E-state index >= 15 is 0 Å². The lowest BCUT2D eigenvalue weighted by Gasteiger charge is -1.50. The van der Waals surface area contributed by atoms with Crippen LogP contribution in [0.4, 0.5) is 0 Å². The van der Waals surface area contributed by atoms with E-state index in [0.29, 0.717) is 6.10 Å². The molecule has 0 aromatic heterocycles. The molecule has 1 aliphatic heterocycles. The van der Waals surface area contributed by atoms with Gasteiger partial charge in [-0.15, -0.1) is 0 Å². The molecule has 0 aromatic carbocycles. The van der Waals surface area contributed by atoms with E-state index in [1.165, 1.54) is 0 Å². The third-order valence-electron chi connectivity index (χ3n) is 0.500. The Morgan fingerprint density at radius 2 is 2.50 bits per heavy atom. The fourth-order valence-corrected chi connectivity index (χ4v) is 0.0962. The molecule has 0 aliphatic carbocycles. The van der Waals surface area contributed by atoms with Gasteiger partial charge in [-0.2, -0.15) is 0 Å². The van der Waals surface area contributed by atoms with E-state index in [1.807, 2.05) is 0 Å². The van der Waals surface area contributed by atoms with Crippen LogP contribution in [-0.2, 0) is 4.74 Å². The quantitative estimate of drug-likeness (QED) is 0.375. The Labute approximate surface area is 27.1 Å². The predicted octanol–water partition coefficient (Wildman–Crippen LogP) is 0.651. The van der Waals surface area contributed by atoms with Gasteiger partial charge in [-0.25, -0.2) is 0 Å². The van der Waals surface area contributed by atoms with E-state index < -0.39 is 0 Å². The molecule has 0 radical (unpaired) electrons. The molecule has 1 heterocycles. The maximum absolute atomic E-state index is 4.71. The van der Waals surface area contributed by atoms with Gasteiger partial charge in [0.15, 0.2) is 0 Å². The molecule has 0 bridgehead atoms. The highest BCUT2D eigenvalue weighted by Crippen LogP contribution is 2.04. The maximum Gasteiger partial charge on any atom is 0.0781 e. The van der Waals surface area contributed by atoms with Crippen molar-refractivity contribution in [2.24, 2.45) is 0 Å². The molecular weight excluding hydrogens is 52.0 g/mol. The lowest BCUT2D eigenvalue weighted by molar-refractivity contribution is 0.423. The van der Waals surface area contributed by atoms with Gasteiger partial charge in [-0.05, 0) is 6.92 Å². The highest BCUT2D eigenvalue weighted by Gasteiger charge is 2.13. The molecule has 1 unspecified atom stereocenters. The highest BCUT2D eigenvalue weighted by atomic mass is 16.6. The first-order valence-corrected chi connectivity index (χ1v) is 1.51. The minimum absolute atomic E-state index is 0. The van der Waals surface area contributed by atoms with Crippen molar-refractivity contribution in [1.82, 2.24) is 0 Å². The largest absolute Gasteiger partial charge is 0.373 e. The fourth-order valence-electron chi connectivity index (χ4n) is 0.0962. The normalized spacial score (nSPS) is 39.8. The van der Waals surface area contributed by atoms with Crippen molar-refractivity contribution in [3.05, 3.63) is 0 Å². The van der Waals surface area contributed by atoms with Gasteiger partial charge < -0.3 is 4.74 Å². The van der Waals surface area contributed by atoms with Crippen LogP contribution in [-0.4, -0.2) is 12.7 Å². The van der Waals surface area contributed by atoms with Gasteiger partial charge >= 0.3 is 0 Å². The predicted molar refractivity (Wildman–Crippen MR) is 17.5 cm³/mol. The summed E-state index contributed by atoms with van der Waals surface area (Å²) in [5.74, 6) is 0. The second kappa shape index (κ2) is 0.462. The Hall–Kier alpha value is -0.0400. The topological polar surface area (TPSA) is 12.5 Å². The van der Waals surface area contributed by atoms with Crippen molar-refractivity contribution >= 4 is 0 Å². The third kappa shape index (κ3) is 0.206. The molecule has 4 heavy (non-hydrogen) atoms. The van der Waals surface area contributed by atoms with E-state index in [-0.39, 0.29) is 1.43 Å². The first kappa shape index (κ1) is 2.21. The molecule has 0 aromatic rings. The van der Waals surface area contributed by atoms with Crippen LogP contribution < -0.4 is 0 Å². The van der Waals surface area contributed by atoms with Gasteiger partial charge in [0.25, 0.3) is 0 Å². The number of hydrogen-bond donors (Lipinski definition) is 0. The average molecular weight is 61.1 g/mol. The fraction of sp³-hybridized carbons (Fsp3) is 1.00. The molecule has 1 saturated heterocycles. The van der Waals surface area contributed by atoms with E-state index in [4.69, 9.17) is 4.74 Å². The van der Waals surface area contributed by atoms with Crippen LogP contribution in [0.3, 0.4) is 0 Å². The summed E-state index contributed by atoms with van der Waals surface area (Å²) < 4.78 is 4.71. The summed E-state index contributed by atoms with van der Waals surface area (Å²) in [6.45, 7) is 3.04. The van der Waals surface area contributed by atoms with E-state index in [2.05, 4.69) is 6.92 Å². The summed E-state index contributed by atoms with van der Waals surface area (Å²) in [7, 11) is 0. The molecule has 0 saturated carbocycles. The summed E-state index contributed by atoms with van der Waals surface area (Å²) in [5.41, 5.74) is 0. The van der Waals surface area contributed by atoms with Crippen molar-refractivity contribution in [3.63, 3.8) is 0 Å². The highest BCUT2D eigenvalue weighted by molar-refractivity contribution is 4.58. The summed E-state index contributed by atoms with van der Waals surface area (Å²) >= 11 is 0. The van der Waals surface area contributed by atoms with Gasteiger partial charge in [0, 0.05) is 1.43 Å². The lowest BCUT2D eigenvalue weighted by Crippen LogP contribution is -1.60. The number of epoxide rings is 1. The number of hydrogen-bond acceptors (Lipinski definition) is 1. The van der Waals surface area contributed by atoms with Gasteiger partial charge in [0.1, 0.15) is 0 Å². The zero-order valence-electron chi connectivity index (χ0n) is 2.69. The minimum Gasteiger partial charge on any atom is -0.373 e. The molecule has 0 spiro atoms. The van der Waals surface area contributed by atoms with Crippen LogP contribution in [0.15, 0.2) is 0 Å². The summed E-state index contributed by atoms with van der Waals surface area (Å²) in [6.07, 6.45) is 0.583. The minimum atomic E-state index is 0. The van der Waals surface area contributed by atoms with Crippen LogP contribution in [0, 0.1) is 0 Å². The van der Waals surface area contributed by atoms with Crippen molar-refractivity contribution in [1.29, 1.82) is 0 Å². The van der Waals surface area contributed by atoms with Crippen molar-refractivity contribution in [2.45, 2.75) is 13.0 Å². The van der Waals surface area contributed by atoms with E-state index in [1.54, 1.807) is 0 Å². The smallest absolute Gasteiger partial charge is 0.0781 e. The van der Waals surface area contributed by atoms with Gasteiger partial charge in [-0.1, -0.05) is 0 Å². The van der Waals surface area contributed by atoms with Gasteiger partial charge in [0.2, 0.25) is 0 Å². The molecular formula is C3H8O. The molecule has 0 N–H and O–H groups in total. The molecule has 1 nitrogen and oxygen atoms in total. The van der Waals surface area contributed by atoms with Crippen LogP contribution in [0.5, 0.6) is 0 Å². The monoisotopic (exact) mass is 61.1 g/mol. The molecule has 1 atom stereocenters. The Bertz CT molecular complexity index is 26.1. The van der Waals surface area contributed by atoms with Gasteiger partial charge in [-0.3, -0.25) is 0 Å². The summed E-state index contributed by atoms with van der Waals surface area (Å²) in [6, 6.07) is 0. The molecule has 26 valence electrons. The molecule has 1 heteroatoms. The van der Waals surface area contributed by atoms with Crippen molar-refractivity contribution in [3.8, 4) is 0 Å².